The van der Waals surface area contributed by atoms with Gasteiger partial charge >= 0.3 is 0 Å². The van der Waals surface area contributed by atoms with Crippen molar-refractivity contribution in [3.05, 3.63) is 29.7 Å². The largest absolute Gasteiger partial charge is 0.283 e. The second kappa shape index (κ2) is 4.49. The average molecular weight is 163 g/mol. The van der Waals surface area contributed by atoms with Crippen molar-refractivity contribution in [2.45, 2.75) is 20.3 Å². The Bertz CT molecular complexity index is 270. The molecule has 1 aromatic rings. The molecular weight excluding hydrogens is 150 g/mol. The number of H-pyrrole nitrogens is 1. The molecule has 3 nitrogen and oxygen atoms in total. The van der Waals surface area contributed by atoms with Crippen molar-refractivity contribution in [1.82, 2.24) is 10.2 Å². The summed E-state index contributed by atoms with van der Waals surface area (Å²) in [5, 5.41) is 6.45. The monoisotopic (exact) mass is 163 g/mol. The zero-order valence-electron chi connectivity index (χ0n) is 7.41. The summed E-state index contributed by atoms with van der Waals surface area (Å²) in [7, 11) is 0. The molecule has 0 amide bonds. The van der Waals surface area contributed by atoms with Crippen LogP contribution in [0.5, 0.6) is 0 Å². The normalized spacial score (nSPS) is 13.7. The SMILES string of the molecule is CC1=CN=CC1.Cc1ccn[nH]1. The number of rotatable bonds is 0. The highest BCUT2D eigenvalue weighted by atomic mass is 15.1. The molecule has 64 valence electrons. The van der Waals surface area contributed by atoms with Crippen LogP contribution in [0.1, 0.15) is 19.0 Å². The van der Waals surface area contributed by atoms with E-state index in [1.165, 1.54) is 5.57 Å². The smallest absolute Gasteiger partial charge is 0.0489 e. The van der Waals surface area contributed by atoms with Gasteiger partial charge in [0.25, 0.3) is 0 Å². The summed E-state index contributed by atoms with van der Waals surface area (Å²) in [6, 6.07) is 1.92. The van der Waals surface area contributed by atoms with Crippen LogP contribution >= 0.6 is 0 Å². The lowest BCUT2D eigenvalue weighted by Crippen LogP contribution is -1.65. The van der Waals surface area contributed by atoms with Crippen molar-refractivity contribution < 1.29 is 0 Å². The second-order valence-electron chi connectivity index (χ2n) is 2.75. The first-order valence-electron chi connectivity index (χ1n) is 3.92. The molecule has 0 atom stereocenters. The Morgan fingerprint density at radius 2 is 2.25 bits per heavy atom. The Morgan fingerprint density at radius 3 is 2.42 bits per heavy atom. The van der Waals surface area contributed by atoms with Crippen LogP contribution < -0.4 is 0 Å². The summed E-state index contributed by atoms with van der Waals surface area (Å²) in [5.41, 5.74) is 2.46. The van der Waals surface area contributed by atoms with Crippen LogP contribution in [-0.2, 0) is 0 Å². The van der Waals surface area contributed by atoms with Crippen molar-refractivity contribution >= 4 is 6.21 Å². The van der Waals surface area contributed by atoms with Crippen molar-refractivity contribution in [1.29, 1.82) is 0 Å². The molecule has 0 bridgehead atoms. The van der Waals surface area contributed by atoms with Gasteiger partial charge in [0.1, 0.15) is 0 Å². The summed E-state index contributed by atoms with van der Waals surface area (Å²) < 4.78 is 0. The fourth-order valence-corrected chi connectivity index (χ4v) is 0.755. The molecule has 3 heteroatoms. The third kappa shape index (κ3) is 3.14. The molecule has 0 spiro atoms. The molecule has 2 rings (SSSR count). The van der Waals surface area contributed by atoms with E-state index in [0.29, 0.717) is 0 Å². The molecule has 0 unspecified atom stereocenters. The van der Waals surface area contributed by atoms with Crippen molar-refractivity contribution in [2.24, 2.45) is 4.99 Å². The standard InChI is InChI=1S/C5H7N.C4H6N2/c1-5-2-3-6-4-5;1-4-2-3-5-6-4/h3-4H,2H2,1H3;2-3H,1H3,(H,5,6). The van der Waals surface area contributed by atoms with E-state index in [1.807, 2.05) is 25.4 Å². The number of aryl methyl sites for hydroxylation is 1. The lowest BCUT2D eigenvalue weighted by Gasteiger charge is -1.76. The summed E-state index contributed by atoms with van der Waals surface area (Å²) in [6.45, 7) is 4.04. The molecule has 2 heterocycles. The molecular formula is C9H13N3. The number of allylic oxidation sites excluding steroid dienone is 1. The first kappa shape index (κ1) is 8.71. The van der Waals surface area contributed by atoms with Crippen LogP contribution in [-0.4, -0.2) is 16.4 Å². The van der Waals surface area contributed by atoms with Crippen LogP contribution in [0.4, 0.5) is 0 Å². The highest BCUT2D eigenvalue weighted by Crippen LogP contribution is 2.01. The number of hydrogen-bond donors (Lipinski definition) is 1. The van der Waals surface area contributed by atoms with Gasteiger partial charge < -0.3 is 0 Å². The molecule has 0 radical (unpaired) electrons. The van der Waals surface area contributed by atoms with Crippen molar-refractivity contribution in [2.75, 3.05) is 0 Å². The van der Waals surface area contributed by atoms with Gasteiger partial charge in [-0.15, -0.1) is 0 Å². The highest BCUT2D eigenvalue weighted by Gasteiger charge is 1.87. The molecule has 1 aliphatic rings. The van der Waals surface area contributed by atoms with Crippen LogP contribution in [0.25, 0.3) is 0 Å². The number of aromatic nitrogens is 2. The summed E-state index contributed by atoms with van der Waals surface area (Å²) >= 11 is 0. The lowest BCUT2D eigenvalue weighted by atomic mass is 10.3. The van der Waals surface area contributed by atoms with Gasteiger partial charge in [0.15, 0.2) is 0 Å². The van der Waals surface area contributed by atoms with Gasteiger partial charge in [-0.2, -0.15) is 5.10 Å². The van der Waals surface area contributed by atoms with Crippen LogP contribution in [0, 0.1) is 6.92 Å². The maximum atomic E-state index is 3.88. The summed E-state index contributed by atoms with van der Waals surface area (Å²) in [6.07, 6.45) is 6.59. The van der Waals surface area contributed by atoms with Gasteiger partial charge in [0, 0.05) is 30.7 Å². The molecule has 0 saturated heterocycles. The molecule has 1 aromatic heterocycles. The van der Waals surface area contributed by atoms with Crippen LogP contribution in [0.3, 0.4) is 0 Å². The number of aliphatic imine (C=N–C) groups is 1. The molecule has 12 heavy (non-hydrogen) atoms. The van der Waals surface area contributed by atoms with E-state index in [1.54, 1.807) is 6.20 Å². The molecule has 0 fully saturated rings. The zero-order chi connectivity index (χ0) is 8.81. The van der Waals surface area contributed by atoms with Gasteiger partial charge in [0.05, 0.1) is 0 Å². The van der Waals surface area contributed by atoms with E-state index >= 15 is 0 Å². The first-order chi connectivity index (χ1) is 5.79. The van der Waals surface area contributed by atoms with Gasteiger partial charge in [0.2, 0.25) is 0 Å². The van der Waals surface area contributed by atoms with Gasteiger partial charge in [-0.3, -0.25) is 10.1 Å². The Morgan fingerprint density at radius 1 is 1.42 bits per heavy atom. The fourth-order valence-electron chi connectivity index (χ4n) is 0.755. The Hall–Kier alpha value is -1.38. The van der Waals surface area contributed by atoms with Gasteiger partial charge in [-0.1, -0.05) is 0 Å². The highest BCUT2D eigenvalue weighted by molar-refractivity contribution is 5.64. The predicted molar refractivity (Wildman–Crippen MR) is 50.2 cm³/mol. The molecule has 0 aliphatic carbocycles. The number of hydrogen-bond acceptors (Lipinski definition) is 2. The Balaban J connectivity index is 0.000000120. The third-order valence-electron chi connectivity index (χ3n) is 1.45. The lowest BCUT2D eigenvalue weighted by molar-refractivity contribution is 1.05. The van der Waals surface area contributed by atoms with E-state index in [9.17, 15) is 0 Å². The van der Waals surface area contributed by atoms with Gasteiger partial charge in [-0.05, 0) is 25.5 Å². The van der Waals surface area contributed by atoms with E-state index in [0.717, 1.165) is 12.1 Å². The maximum Gasteiger partial charge on any atom is 0.0489 e. The maximum absolute atomic E-state index is 3.88. The number of nitrogens with one attached hydrogen (secondary N) is 1. The first-order valence-corrected chi connectivity index (χ1v) is 3.92. The van der Waals surface area contributed by atoms with Crippen molar-refractivity contribution in [3.8, 4) is 0 Å². The second-order valence-corrected chi connectivity index (χ2v) is 2.75. The topological polar surface area (TPSA) is 41.0 Å². The quantitative estimate of drug-likeness (QED) is 0.625. The van der Waals surface area contributed by atoms with E-state index in [4.69, 9.17) is 0 Å². The summed E-state index contributed by atoms with van der Waals surface area (Å²) in [4.78, 5) is 3.88. The zero-order valence-corrected chi connectivity index (χ0v) is 7.41. The fraction of sp³-hybridized carbons (Fsp3) is 0.333. The average Bonchev–Trinajstić information content (AvgIpc) is 2.63. The molecule has 1 N–H and O–H groups in total. The predicted octanol–water partition coefficient (Wildman–Crippen LogP) is 2.08. The minimum atomic E-state index is 1.06. The van der Waals surface area contributed by atoms with E-state index in [-0.39, 0.29) is 0 Å². The van der Waals surface area contributed by atoms with Crippen LogP contribution in [0.2, 0.25) is 0 Å². The van der Waals surface area contributed by atoms with E-state index in [2.05, 4.69) is 22.1 Å². The van der Waals surface area contributed by atoms with Crippen molar-refractivity contribution in [3.63, 3.8) is 0 Å². The minimum absolute atomic E-state index is 1.06. The molecule has 0 aromatic carbocycles. The third-order valence-corrected chi connectivity index (χ3v) is 1.45. The Labute approximate surface area is 72.2 Å². The van der Waals surface area contributed by atoms with Crippen LogP contribution in [0.15, 0.2) is 29.0 Å². The minimum Gasteiger partial charge on any atom is -0.283 e. The Kier molecular flexibility index (Phi) is 3.26. The van der Waals surface area contributed by atoms with Gasteiger partial charge in [-0.25, -0.2) is 0 Å². The molecule has 1 aliphatic heterocycles. The summed E-state index contributed by atoms with van der Waals surface area (Å²) in [5.74, 6) is 0. The van der Waals surface area contributed by atoms with E-state index < -0.39 is 0 Å². The number of nitrogens with zero attached hydrogens (tertiary/aromatic N) is 2. The number of aromatic amines is 1. The molecule has 0 saturated carbocycles.